The normalized spacial score (nSPS) is 11.0. The van der Waals surface area contributed by atoms with Crippen LogP contribution in [0.4, 0.5) is 24.5 Å². The third-order valence-electron chi connectivity index (χ3n) is 2.39. The second-order valence-corrected chi connectivity index (χ2v) is 4.92. The van der Waals surface area contributed by atoms with Crippen molar-refractivity contribution in [1.82, 2.24) is 5.32 Å². The van der Waals surface area contributed by atoms with Crippen molar-refractivity contribution in [1.29, 1.82) is 0 Å². The number of halogens is 3. The highest BCUT2D eigenvalue weighted by Crippen LogP contribution is 2.30. The molecule has 1 amide bonds. The Labute approximate surface area is 122 Å². The molecule has 0 aliphatic heterocycles. The second-order valence-electron chi connectivity index (χ2n) is 3.76. The van der Waals surface area contributed by atoms with Crippen LogP contribution in [-0.2, 0) is 0 Å². The highest BCUT2D eigenvalue weighted by Gasteiger charge is 2.28. The Morgan fingerprint density at radius 1 is 1.43 bits per heavy atom. The van der Waals surface area contributed by atoms with E-state index in [9.17, 15) is 28.1 Å². The fourth-order valence-electron chi connectivity index (χ4n) is 1.55. The molecule has 1 rings (SSSR count). The number of nitrogens with zero attached hydrogens (tertiary/aromatic N) is 1. The number of nitro benzene ring substituents is 1. The molecule has 0 spiro atoms. The summed E-state index contributed by atoms with van der Waals surface area (Å²) in [6.45, 7) is -0.246. The van der Waals surface area contributed by atoms with Gasteiger partial charge in [0.25, 0.3) is 5.91 Å². The van der Waals surface area contributed by atoms with Crippen LogP contribution in [0.15, 0.2) is 18.2 Å². The SMILES string of the molecule is CNc1cccc(C(=O)NCCSC(F)(F)F)c1[N+](=O)[O-]. The quantitative estimate of drug-likeness (QED) is 0.477. The Hall–Kier alpha value is -1.97. The molecule has 0 fully saturated rings. The van der Waals surface area contributed by atoms with Crippen molar-refractivity contribution >= 4 is 29.0 Å². The first-order chi connectivity index (χ1) is 9.76. The molecule has 21 heavy (non-hydrogen) atoms. The number of anilines is 1. The van der Waals surface area contributed by atoms with Gasteiger partial charge in [-0.05, 0) is 23.9 Å². The standard InChI is InChI=1S/C11H12F3N3O3S/c1-15-8-4-2-3-7(9(8)17(19)20)10(18)16-5-6-21-11(12,13)14/h2-4,15H,5-6H2,1H3,(H,16,18). The largest absolute Gasteiger partial charge is 0.441 e. The van der Waals surface area contributed by atoms with Gasteiger partial charge in [0.15, 0.2) is 0 Å². The van der Waals surface area contributed by atoms with Crippen LogP contribution in [0.1, 0.15) is 10.4 Å². The fourth-order valence-corrected chi connectivity index (χ4v) is 1.99. The van der Waals surface area contributed by atoms with Crippen LogP contribution in [0.2, 0.25) is 0 Å². The average Bonchev–Trinajstić information content (AvgIpc) is 2.41. The van der Waals surface area contributed by atoms with Crippen LogP contribution in [0.5, 0.6) is 0 Å². The summed E-state index contributed by atoms with van der Waals surface area (Å²) in [5.41, 5.74) is -4.84. The summed E-state index contributed by atoms with van der Waals surface area (Å²) in [5.74, 6) is -1.16. The van der Waals surface area contributed by atoms with Gasteiger partial charge in [0.05, 0.1) is 4.92 Å². The van der Waals surface area contributed by atoms with Gasteiger partial charge in [-0.15, -0.1) is 0 Å². The van der Waals surface area contributed by atoms with Gasteiger partial charge in [-0.2, -0.15) is 13.2 Å². The summed E-state index contributed by atoms with van der Waals surface area (Å²) in [6, 6.07) is 4.11. The van der Waals surface area contributed by atoms with Crippen LogP contribution in [0, 0.1) is 10.1 Å². The van der Waals surface area contributed by atoms with Crippen molar-refractivity contribution in [2.75, 3.05) is 24.7 Å². The lowest BCUT2D eigenvalue weighted by atomic mass is 10.1. The number of nitrogens with one attached hydrogen (secondary N) is 2. The molecular formula is C11H12F3N3O3S. The van der Waals surface area contributed by atoms with Crippen LogP contribution in [0.25, 0.3) is 0 Å². The van der Waals surface area contributed by atoms with Gasteiger partial charge < -0.3 is 10.6 Å². The van der Waals surface area contributed by atoms with Crippen molar-refractivity contribution in [3.8, 4) is 0 Å². The monoisotopic (exact) mass is 323 g/mol. The third kappa shape index (κ3) is 5.14. The van der Waals surface area contributed by atoms with E-state index in [-0.39, 0.29) is 35.3 Å². The maximum absolute atomic E-state index is 11.9. The van der Waals surface area contributed by atoms with E-state index in [1.54, 1.807) is 0 Å². The number of carbonyl (C=O) groups is 1. The first-order valence-electron chi connectivity index (χ1n) is 5.70. The Morgan fingerprint density at radius 2 is 2.10 bits per heavy atom. The lowest BCUT2D eigenvalue weighted by Crippen LogP contribution is -2.27. The Kier molecular flexibility index (Phi) is 5.82. The lowest BCUT2D eigenvalue weighted by molar-refractivity contribution is -0.384. The number of nitro groups is 1. The van der Waals surface area contributed by atoms with E-state index < -0.39 is 22.0 Å². The topological polar surface area (TPSA) is 84.3 Å². The Morgan fingerprint density at radius 3 is 2.62 bits per heavy atom. The number of benzene rings is 1. The second kappa shape index (κ2) is 7.16. The van der Waals surface area contributed by atoms with E-state index in [1.807, 2.05) is 0 Å². The molecule has 2 N–H and O–H groups in total. The van der Waals surface area contributed by atoms with E-state index >= 15 is 0 Å². The molecule has 116 valence electrons. The minimum Gasteiger partial charge on any atom is -0.383 e. The van der Waals surface area contributed by atoms with Crippen molar-refractivity contribution < 1.29 is 22.9 Å². The van der Waals surface area contributed by atoms with E-state index in [0.717, 1.165) is 0 Å². The molecule has 0 heterocycles. The molecule has 0 saturated heterocycles. The summed E-state index contributed by atoms with van der Waals surface area (Å²) >= 11 is -0.272. The molecule has 1 aromatic carbocycles. The van der Waals surface area contributed by atoms with Crippen molar-refractivity contribution in [3.63, 3.8) is 0 Å². The lowest BCUT2D eigenvalue weighted by Gasteiger charge is -2.09. The van der Waals surface area contributed by atoms with Crippen LogP contribution in [-0.4, -0.2) is 35.7 Å². The van der Waals surface area contributed by atoms with E-state index in [0.29, 0.717) is 0 Å². The van der Waals surface area contributed by atoms with Crippen LogP contribution in [0.3, 0.4) is 0 Å². The third-order valence-corrected chi connectivity index (χ3v) is 3.12. The number of carbonyl (C=O) groups excluding carboxylic acids is 1. The molecule has 0 aliphatic rings. The van der Waals surface area contributed by atoms with E-state index in [2.05, 4.69) is 10.6 Å². The van der Waals surface area contributed by atoms with Gasteiger partial charge in [0.1, 0.15) is 11.3 Å². The predicted molar refractivity (Wildman–Crippen MR) is 73.5 cm³/mol. The zero-order valence-electron chi connectivity index (χ0n) is 10.9. The number of alkyl halides is 3. The molecule has 0 aromatic heterocycles. The van der Waals surface area contributed by atoms with Gasteiger partial charge in [0, 0.05) is 19.3 Å². The summed E-state index contributed by atoms with van der Waals surface area (Å²) < 4.78 is 35.8. The molecule has 6 nitrogen and oxygen atoms in total. The minimum atomic E-state index is -4.37. The van der Waals surface area contributed by atoms with Crippen LogP contribution < -0.4 is 10.6 Å². The molecule has 1 aromatic rings. The van der Waals surface area contributed by atoms with Gasteiger partial charge in [-0.3, -0.25) is 14.9 Å². The highest BCUT2D eigenvalue weighted by atomic mass is 32.2. The smallest absolute Gasteiger partial charge is 0.383 e. The highest BCUT2D eigenvalue weighted by molar-refractivity contribution is 8.00. The van der Waals surface area contributed by atoms with E-state index in [4.69, 9.17) is 0 Å². The number of amides is 1. The Bertz CT molecular complexity index is 537. The van der Waals surface area contributed by atoms with Crippen molar-refractivity contribution in [2.45, 2.75) is 5.51 Å². The molecule has 0 bridgehead atoms. The first kappa shape index (κ1) is 17.1. The molecule has 0 aliphatic carbocycles. The summed E-state index contributed by atoms with van der Waals surface area (Å²) in [6.07, 6.45) is 0. The summed E-state index contributed by atoms with van der Waals surface area (Å²) in [5, 5.41) is 15.8. The van der Waals surface area contributed by atoms with Gasteiger partial charge in [0.2, 0.25) is 0 Å². The molecule has 0 unspecified atom stereocenters. The number of para-hydroxylation sites is 1. The molecule has 0 radical (unpaired) electrons. The van der Waals surface area contributed by atoms with Gasteiger partial charge in [-0.1, -0.05) is 6.07 Å². The Balaban J connectivity index is 2.77. The maximum Gasteiger partial charge on any atom is 0.441 e. The molecule has 0 atom stereocenters. The van der Waals surface area contributed by atoms with Crippen LogP contribution >= 0.6 is 11.8 Å². The fraction of sp³-hybridized carbons (Fsp3) is 0.364. The minimum absolute atomic E-state index is 0.150. The number of hydrogen-bond acceptors (Lipinski definition) is 5. The average molecular weight is 323 g/mol. The molecule has 0 saturated carbocycles. The number of rotatable bonds is 6. The zero-order chi connectivity index (χ0) is 16.0. The summed E-state index contributed by atoms with van der Waals surface area (Å²) in [7, 11) is 1.46. The van der Waals surface area contributed by atoms with Crippen molar-refractivity contribution in [3.05, 3.63) is 33.9 Å². The molecular weight excluding hydrogens is 311 g/mol. The maximum atomic E-state index is 11.9. The zero-order valence-corrected chi connectivity index (χ0v) is 11.7. The number of hydrogen-bond donors (Lipinski definition) is 2. The van der Waals surface area contributed by atoms with Crippen molar-refractivity contribution in [2.24, 2.45) is 0 Å². The van der Waals surface area contributed by atoms with E-state index in [1.165, 1.54) is 25.2 Å². The molecule has 10 heteroatoms. The van der Waals surface area contributed by atoms with Gasteiger partial charge in [-0.25, -0.2) is 0 Å². The predicted octanol–water partition coefficient (Wildman–Crippen LogP) is 2.62. The summed E-state index contributed by atoms with van der Waals surface area (Å²) in [4.78, 5) is 22.1. The van der Waals surface area contributed by atoms with Gasteiger partial charge >= 0.3 is 11.2 Å². The number of thioether (sulfide) groups is 1. The first-order valence-corrected chi connectivity index (χ1v) is 6.69.